The molecule has 0 amide bonds. The maximum atomic E-state index is 12.5. The molecule has 0 N–H and O–H groups in total. The van der Waals surface area contributed by atoms with Crippen LogP contribution in [0.5, 0.6) is 0 Å². The van der Waals surface area contributed by atoms with E-state index in [4.69, 9.17) is 4.42 Å². The maximum absolute atomic E-state index is 12.5. The summed E-state index contributed by atoms with van der Waals surface area (Å²) in [4.78, 5) is 17.0. The normalized spacial score (nSPS) is 11.1. The zero-order chi connectivity index (χ0) is 14.8. The van der Waals surface area contributed by atoms with Gasteiger partial charge in [0.05, 0.1) is 16.7 Å². The summed E-state index contributed by atoms with van der Waals surface area (Å²) < 4.78 is 7.00. The van der Waals surface area contributed by atoms with Gasteiger partial charge in [0.15, 0.2) is 5.16 Å². The van der Waals surface area contributed by atoms with Crippen LogP contribution in [0.3, 0.4) is 0 Å². The van der Waals surface area contributed by atoms with Crippen LogP contribution in [-0.2, 0) is 12.3 Å². The van der Waals surface area contributed by atoms with Crippen LogP contribution in [0.2, 0.25) is 0 Å². The fourth-order valence-electron chi connectivity index (χ4n) is 2.06. The van der Waals surface area contributed by atoms with Crippen molar-refractivity contribution in [2.45, 2.75) is 31.3 Å². The summed E-state index contributed by atoms with van der Waals surface area (Å²) in [6.07, 6.45) is 0. The highest BCUT2D eigenvalue weighted by Gasteiger charge is 2.11. The zero-order valence-corrected chi connectivity index (χ0v) is 12.6. The Morgan fingerprint density at radius 2 is 2.10 bits per heavy atom. The van der Waals surface area contributed by atoms with E-state index in [1.807, 2.05) is 25.1 Å². The van der Waals surface area contributed by atoms with Crippen LogP contribution in [0, 0.1) is 6.92 Å². The van der Waals surface area contributed by atoms with Gasteiger partial charge in [-0.1, -0.05) is 23.9 Å². The second kappa shape index (κ2) is 5.69. The molecule has 0 bridgehead atoms. The molecule has 2 heterocycles. The number of aryl methyl sites for hydroxylation is 1. The lowest BCUT2D eigenvalue weighted by Crippen LogP contribution is -2.22. The van der Waals surface area contributed by atoms with Gasteiger partial charge in [-0.05, 0) is 19.1 Å². The Balaban J connectivity index is 1.99. The molecule has 2 aromatic heterocycles. The fraction of sp³-hybridized carbons (Fsp3) is 0.286. The van der Waals surface area contributed by atoms with Crippen molar-refractivity contribution in [2.75, 3.05) is 0 Å². The Hall–Kier alpha value is -2.15. The molecule has 0 aliphatic heterocycles. The minimum Gasteiger partial charge on any atom is -0.425 e. The van der Waals surface area contributed by atoms with Crippen LogP contribution in [0.25, 0.3) is 10.9 Å². The van der Waals surface area contributed by atoms with Gasteiger partial charge in [0, 0.05) is 13.5 Å². The Kier molecular flexibility index (Phi) is 3.74. The van der Waals surface area contributed by atoms with Gasteiger partial charge < -0.3 is 4.42 Å². The zero-order valence-electron chi connectivity index (χ0n) is 11.7. The van der Waals surface area contributed by atoms with Gasteiger partial charge >= 0.3 is 0 Å². The van der Waals surface area contributed by atoms with E-state index < -0.39 is 0 Å². The Morgan fingerprint density at radius 1 is 1.29 bits per heavy atom. The van der Waals surface area contributed by atoms with Gasteiger partial charge in [-0.2, -0.15) is 0 Å². The number of aromatic nitrogens is 4. The molecular weight excluding hydrogens is 288 g/mol. The number of thioether (sulfide) groups is 1. The first-order valence-corrected chi connectivity index (χ1v) is 7.59. The smallest absolute Gasteiger partial charge is 0.262 e. The highest BCUT2D eigenvalue weighted by atomic mass is 32.2. The Labute approximate surface area is 125 Å². The van der Waals surface area contributed by atoms with Crippen molar-refractivity contribution >= 4 is 22.7 Å². The molecule has 3 rings (SSSR count). The summed E-state index contributed by atoms with van der Waals surface area (Å²) in [7, 11) is 0. The molecule has 1 aromatic carbocycles. The standard InChI is InChI=1S/C14H14N4O2S/c1-3-18-13(19)10-6-4-5-7-11(10)15-14(18)21-8-12-17-16-9(2)20-12/h4-7H,3,8H2,1-2H3. The van der Waals surface area contributed by atoms with Gasteiger partial charge in [0.2, 0.25) is 11.8 Å². The van der Waals surface area contributed by atoms with Crippen molar-refractivity contribution in [1.82, 2.24) is 19.7 Å². The summed E-state index contributed by atoms with van der Waals surface area (Å²) in [5.74, 6) is 1.55. The van der Waals surface area contributed by atoms with Crippen LogP contribution in [0.1, 0.15) is 18.7 Å². The van der Waals surface area contributed by atoms with Crippen molar-refractivity contribution in [1.29, 1.82) is 0 Å². The van der Waals surface area contributed by atoms with Crippen LogP contribution >= 0.6 is 11.8 Å². The molecule has 0 atom stereocenters. The number of benzene rings is 1. The molecule has 108 valence electrons. The average Bonchev–Trinajstić information content (AvgIpc) is 2.91. The lowest BCUT2D eigenvalue weighted by molar-refractivity contribution is 0.485. The minimum atomic E-state index is -0.0210. The van der Waals surface area contributed by atoms with Crippen LogP contribution in [0.15, 0.2) is 38.6 Å². The SMILES string of the molecule is CCn1c(SCc2nnc(C)o2)nc2ccccc2c1=O. The maximum Gasteiger partial charge on any atom is 0.262 e. The van der Waals surface area contributed by atoms with Crippen LogP contribution in [-0.4, -0.2) is 19.7 Å². The van der Waals surface area contributed by atoms with E-state index in [0.717, 1.165) is 0 Å². The lowest BCUT2D eigenvalue weighted by Gasteiger charge is -2.10. The minimum absolute atomic E-state index is 0.0210. The number of hydrogen-bond acceptors (Lipinski definition) is 6. The summed E-state index contributed by atoms with van der Waals surface area (Å²) in [6, 6.07) is 7.37. The second-order valence-corrected chi connectivity index (χ2v) is 5.41. The van der Waals surface area contributed by atoms with E-state index in [9.17, 15) is 4.79 Å². The number of rotatable bonds is 4. The van der Waals surface area contributed by atoms with E-state index in [1.54, 1.807) is 17.6 Å². The van der Waals surface area contributed by atoms with Gasteiger partial charge in [0.1, 0.15) is 0 Å². The Morgan fingerprint density at radius 3 is 2.81 bits per heavy atom. The highest BCUT2D eigenvalue weighted by molar-refractivity contribution is 7.98. The molecule has 3 aromatic rings. The van der Waals surface area contributed by atoms with Crippen molar-refractivity contribution in [3.63, 3.8) is 0 Å². The van der Waals surface area contributed by atoms with Crippen molar-refractivity contribution in [3.05, 3.63) is 46.4 Å². The second-order valence-electron chi connectivity index (χ2n) is 4.46. The first-order valence-electron chi connectivity index (χ1n) is 6.60. The van der Waals surface area contributed by atoms with Crippen molar-refractivity contribution < 1.29 is 4.42 Å². The van der Waals surface area contributed by atoms with E-state index in [2.05, 4.69) is 15.2 Å². The predicted octanol–water partition coefficient (Wildman–Crippen LogP) is 2.40. The topological polar surface area (TPSA) is 73.8 Å². The summed E-state index contributed by atoms with van der Waals surface area (Å²) in [5, 5.41) is 9.04. The molecule has 7 heteroatoms. The number of fused-ring (bicyclic) bond motifs is 1. The highest BCUT2D eigenvalue weighted by Crippen LogP contribution is 2.21. The number of nitrogens with zero attached hydrogens (tertiary/aromatic N) is 4. The molecule has 0 unspecified atom stereocenters. The summed E-state index contributed by atoms with van der Waals surface area (Å²) >= 11 is 1.42. The molecule has 0 radical (unpaired) electrons. The first kappa shape index (κ1) is 13.8. The van der Waals surface area contributed by atoms with Gasteiger partial charge in [-0.15, -0.1) is 10.2 Å². The monoisotopic (exact) mass is 302 g/mol. The quantitative estimate of drug-likeness (QED) is 0.544. The third-order valence-corrected chi connectivity index (χ3v) is 4.00. The lowest BCUT2D eigenvalue weighted by atomic mass is 10.2. The molecule has 0 aliphatic rings. The molecule has 0 spiro atoms. The fourth-order valence-corrected chi connectivity index (χ4v) is 2.96. The van der Waals surface area contributed by atoms with E-state index in [-0.39, 0.29) is 5.56 Å². The molecule has 0 aliphatic carbocycles. The van der Waals surface area contributed by atoms with Gasteiger partial charge in [-0.3, -0.25) is 9.36 Å². The molecule has 0 saturated carbocycles. The first-order chi connectivity index (χ1) is 10.2. The third-order valence-electron chi connectivity index (χ3n) is 3.04. The van der Waals surface area contributed by atoms with E-state index in [1.165, 1.54) is 11.8 Å². The molecular formula is C14H14N4O2S. The number of hydrogen-bond donors (Lipinski definition) is 0. The summed E-state index contributed by atoms with van der Waals surface area (Å²) in [5.41, 5.74) is 0.684. The largest absolute Gasteiger partial charge is 0.425 e. The van der Waals surface area contributed by atoms with E-state index in [0.29, 0.717) is 40.1 Å². The van der Waals surface area contributed by atoms with Crippen molar-refractivity contribution in [2.24, 2.45) is 0 Å². The molecule has 0 fully saturated rings. The Bertz CT molecular complexity index is 840. The van der Waals surface area contributed by atoms with Gasteiger partial charge in [-0.25, -0.2) is 4.98 Å². The van der Waals surface area contributed by atoms with Gasteiger partial charge in [0.25, 0.3) is 5.56 Å². The summed E-state index contributed by atoms with van der Waals surface area (Å²) in [6.45, 7) is 4.25. The molecule has 0 saturated heterocycles. The molecule has 21 heavy (non-hydrogen) atoms. The predicted molar refractivity (Wildman–Crippen MR) is 80.3 cm³/mol. The molecule has 6 nitrogen and oxygen atoms in total. The van der Waals surface area contributed by atoms with Crippen molar-refractivity contribution in [3.8, 4) is 0 Å². The van der Waals surface area contributed by atoms with Crippen LogP contribution < -0.4 is 5.56 Å². The number of para-hydroxylation sites is 1. The third kappa shape index (κ3) is 2.69. The van der Waals surface area contributed by atoms with Crippen LogP contribution in [0.4, 0.5) is 0 Å². The van der Waals surface area contributed by atoms with E-state index >= 15 is 0 Å². The average molecular weight is 302 g/mol.